The van der Waals surface area contributed by atoms with Crippen LogP contribution in [0.3, 0.4) is 0 Å². The molecule has 4 N–H and O–H groups in total. The molecule has 3 radical (unpaired) electrons. The quantitative estimate of drug-likeness (QED) is 0.0209. The summed E-state index contributed by atoms with van der Waals surface area (Å²) in [6, 6.07) is -3.39. The minimum atomic E-state index is -1.48. The van der Waals surface area contributed by atoms with Gasteiger partial charge in [0.15, 0.2) is 0 Å². The third kappa shape index (κ3) is 136. The summed E-state index contributed by atoms with van der Waals surface area (Å²) in [5, 5.41) is 46.2. The molecule has 0 rings (SSSR count). The number of amides is 3. The van der Waals surface area contributed by atoms with Gasteiger partial charge in [0.2, 0.25) is 0 Å². The molecule has 24 nitrogen and oxygen atoms in total. The minimum Gasteiger partial charge on any atom is -0.480 e. The van der Waals surface area contributed by atoms with Crippen LogP contribution in [0.25, 0.3) is 0 Å². The van der Waals surface area contributed by atoms with E-state index in [9.17, 15) is 59.1 Å². The second kappa shape index (κ2) is 122. The summed E-state index contributed by atoms with van der Waals surface area (Å²) in [5.41, 5.74) is -5.18. The van der Waals surface area contributed by atoms with E-state index in [0.29, 0.717) is 4.43 Å². The average Bonchev–Trinajstić information content (AvgIpc) is 0.893. The second-order valence-electron chi connectivity index (χ2n) is 19.0. The van der Waals surface area contributed by atoms with Gasteiger partial charge in [0.1, 0.15) is 34.9 Å². The predicted molar refractivity (Wildman–Crippen MR) is 722 cm³/mol. The Bertz CT molecular complexity index is 6910. The van der Waals surface area contributed by atoms with E-state index >= 15 is 0 Å². The average molecular weight is 3470 g/mol. The van der Waals surface area contributed by atoms with E-state index in [-0.39, 0.29) is 115 Å². The Balaban J connectivity index is -0.000000172. The number of methoxy groups -OCH3 is 2. The number of rotatable bonds is 17. The van der Waals surface area contributed by atoms with Crippen LogP contribution in [0.1, 0.15) is 75.2 Å². The molecule has 767 valence electrons. The number of alkyl halides is 1. The first-order valence-electron chi connectivity index (χ1n) is 28.0. The molecule has 0 saturated heterocycles. The largest absolute Gasteiger partial charge is 0.480 e. The Hall–Kier alpha value is 11.9. The summed E-state index contributed by atoms with van der Waals surface area (Å²) in [6.07, 6.45) is -3.36. The van der Waals surface area contributed by atoms with Gasteiger partial charge in [-0.3, -0.25) is 35.1 Å². The number of nitrogens with one attached hydrogen (secondary N) is 3. The monoisotopic (exact) mass is 3460 g/mol. The number of allylic oxidation sites excluding steroid dienone is 3. The number of halogens is 2. The molecule has 0 aromatic rings. The fraction of sp³-hybridized carbons (Fsp3) is 0.526. The molecule has 95 heteroatoms. The maximum atomic E-state index is 11.6. The van der Waals surface area contributed by atoms with Crippen LogP contribution >= 0.6 is 38.5 Å². The van der Waals surface area contributed by atoms with Gasteiger partial charge >= 0.3 is 36.2 Å². The molecule has 0 aliphatic heterocycles. The van der Waals surface area contributed by atoms with Gasteiger partial charge in [0.25, 0.3) is 0 Å². The van der Waals surface area contributed by atoms with Gasteiger partial charge in [-0.15, -0.1) is 0 Å². The van der Waals surface area contributed by atoms with Crippen molar-refractivity contribution in [2.75, 3.05) is 18.6 Å². The van der Waals surface area contributed by atoms with Crippen LogP contribution in [0, 0.1) is 69.8 Å². The van der Waals surface area contributed by atoms with Gasteiger partial charge < -0.3 is 95.4 Å². The maximum absolute atomic E-state index is 11.6. The predicted octanol–water partition coefficient (Wildman–Crippen LogP) is 5.32. The number of carboxylic acid groups (broad SMARTS) is 1. The first-order chi connectivity index (χ1) is 61.5. The van der Waals surface area contributed by atoms with E-state index in [1.165, 1.54) is 60.4 Å². The number of esters is 2. The van der Waals surface area contributed by atoms with E-state index in [1.54, 1.807) is 338 Å². The van der Waals surface area contributed by atoms with E-state index < -0.39 is 115 Å². The zero-order valence-electron chi connectivity index (χ0n) is 65.5. The van der Waals surface area contributed by atoms with Crippen molar-refractivity contribution in [1.82, 2.24) is 16.0 Å². The smallest absolute Gasteiger partial charge is 0.408 e. The van der Waals surface area contributed by atoms with Gasteiger partial charge in [0, 0.05) is 703 Å². The van der Waals surface area contributed by atoms with Gasteiger partial charge in [-0.05, 0) is 79.4 Å². The van der Waals surface area contributed by atoms with Gasteiger partial charge in [-0.25, -0.2) is 44.4 Å². The van der Waals surface area contributed by atoms with Crippen LogP contribution in [0.4, 0.5) is 14.4 Å². The summed E-state index contributed by atoms with van der Waals surface area (Å²) in [6.45, 7) is 45.6. The van der Waals surface area contributed by atoms with Crippen molar-refractivity contribution in [3.05, 3.63) is 103 Å². The third-order valence-corrected chi connectivity index (χ3v) is 135. The zero-order chi connectivity index (χ0) is 100. The molecule has 133 heavy (non-hydrogen) atoms. The fourth-order valence-corrected chi connectivity index (χ4v) is 153. The van der Waals surface area contributed by atoms with E-state index in [2.05, 4.69) is 58.4 Å². The number of alkyl carbamates (subject to hydrolysis) is 3. The topological polar surface area (TPSA) is 334 Å². The molecule has 0 saturated carbocycles. The molecule has 0 spiro atoms. The second-order valence-corrected chi connectivity index (χ2v) is 127. The summed E-state index contributed by atoms with van der Waals surface area (Å²) >= 11 is 32.9. The number of hydrogen-bond donors (Lipinski definition) is 4. The number of aliphatic carboxylic acids is 1. The van der Waals surface area contributed by atoms with E-state index in [0.717, 1.165) is 7.11 Å². The van der Waals surface area contributed by atoms with Crippen LogP contribution in [-0.2, 0) is 736 Å². The molecule has 0 fully saturated rings. The van der Waals surface area contributed by atoms with Crippen LogP contribution in [0.15, 0.2) is 32.7 Å². The van der Waals surface area contributed by atoms with Crippen molar-refractivity contribution in [2.45, 2.75) is 110 Å². The molecule has 0 bridgehead atoms. The van der Waals surface area contributed by atoms with Crippen molar-refractivity contribution >= 4 is 675 Å². The molecule has 0 aliphatic carbocycles. The number of carboxylic acids is 1. The Morgan fingerprint density at radius 1 is 0.323 bits per heavy atom. The molecule has 0 unspecified atom stereocenters. The van der Waals surface area contributed by atoms with Crippen molar-refractivity contribution in [3.63, 3.8) is 0 Å². The standard InChI is InChI=1S/C13H18N2O6.C12H16N2O6.C9H16INO4.C4H2BrNO2.S30.S29.S7.3Y/c1-8(9(2)15(18)19)7-10(11(16)20-6)14-12(17)21-13(3,4)5;1-7(8(2)14(18)19)6-9(10(15)16)13-11(17)20-12(3,4)5;1-9(2,3)15-8(13)11-6(5-10)7(12)14-4;1-3(5)4(2)6(7)8;1-3-5-7-9-11-13-15-17-19-21-23-25-27-29-30-28-26-24-22-20-18-16-14-12-10-8-6-4-2;1-3-5-7-9-11-13-15-17-19-21-23-25-27-29-28-26-24-22-20-18-16-14-12-10-8-6-4-2;1-3-5-7-6-4-2;;;/h1-2,10H,7H2,3-6H3,(H,14,17);1-2,9H,6H2,3-5H3,(H,13,17)(H,15,16);6H,5H2,1-4H3,(H,11,13);1-2H;;;;;;/q2*-2;;-2;;;;;;/t10-;9-;6-;;;;;;;/m000......./s1. The maximum Gasteiger partial charge on any atom is 0.408 e. The molecule has 3 atom stereocenters. The Morgan fingerprint density at radius 2 is 0.474 bits per heavy atom. The molecule has 0 aromatic heterocycles. The molecule has 0 aliphatic rings. The van der Waals surface area contributed by atoms with E-state index in [4.69, 9.17) is 104 Å². The van der Waals surface area contributed by atoms with Crippen molar-refractivity contribution in [1.29, 1.82) is 0 Å². The molecule has 0 heterocycles. The molecule has 0 aromatic carbocycles. The normalized spacial score (nSPS) is 9.36. The number of ether oxygens (including phenoxy) is 5. The van der Waals surface area contributed by atoms with Crippen LogP contribution in [-0.4, -0.2) is 110 Å². The summed E-state index contributed by atoms with van der Waals surface area (Å²) in [7, 11) is 106. The molecule has 3 amide bonds. The zero-order valence-corrected chi connectivity index (χ0v) is 132. The Kier molecular flexibility index (Phi) is 152. The van der Waals surface area contributed by atoms with Crippen LogP contribution < -0.4 is 16.0 Å². The van der Waals surface area contributed by atoms with Crippen molar-refractivity contribution in [3.8, 4) is 0 Å². The van der Waals surface area contributed by atoms with Gasteiger partial charge in [-0.1, -0.05) is 50.2 Å². The van der Waals surface area contributed by atoms with E-state index in [1.807, 2.05) is 232 Å². The Labute approximate surface area is 1070 Å². The van der Waals surface area contributed by atoms with Gasteiger partial charge in [0.05, 0.1) is 14.2 Å². The fourth-order valence-electron chi connectivity index (χ4n) is 3.77. The Morgan fingerprint density at radius 3 is 0.609 bits per heavy atom. The minimum absolute atomic E-state index is 0. The summed E-state index contributed by atoms with van der Waals surface area (Å²) in [4.78, 5) is 95.9. The first kappa shape index (κ1) is 165. The summed E-state index contributed by atoms with van der Waals surface area (Å²) < 4.78 is 24.1. The number of carbonyl (C=O) groups is 6. The van der Waals surface area contributed by atoms with Crippen molar-refractivity contribution < 1.29 is 170 Å². The number of hydrogen-bond acceptors (Lipinski definition) is 23. The first-order valence-corrected chi connectivity index (χ1v) is 114. The number of nitro groups is 3. The molecular formula is C38H52BrIN6O18S66Y3-6. The summed E-state index contributed by atoms with van der Waals surface area (Å²) in [5.74, 6) is -2.73. The molecular weight excluding hydrogens is 3420 g/mol. The van der Waals surface area contributed by atoms with Crippen LogP contribution in [0.2, 0.25) is 0 Å². The van der Waals surface area contributed by atoms with Gasteiger partial charge in [-0.2, -0.15) is 0 Å². The SMILES string of the molecule is COC(=O)[C@H](CI)NC(=O)OC(C)(C)C.S=S=S=S=S=S=S.S=S=S=S=S=S=S=S=S=S=S=S=S=S=S=S=S=S=S=S=S=S=S=S=S=S=S=S=S.S=S=S=S=S=S=S=S=S=S=S=S=S=S=S=S=S=S=S=S=S=S=S=S=S=S=S=S=S=S.[CH-]=C(Br)C(=[CH-])[N+](=O)[O-].[CH-]=C(C[C@H](NC(=O)OC(C)(C)C)C(=O)O)C(=[CH-])[N+](=O)[O-].[CH-]=C(C[C@H](NC(=O)OC(C)(C)C)C(=O)OC)C(=[CH-])[N+](=O)[O-].[Y].[Y].[Y]. The third-order valence-electron chi connectivity index (χ3n) is 7.42. The van der Waals surface area contributed by atoms with Crippen LogP contribution in [0.5, 0.6) is 0 Å². The van der Waals surface area contributed by atoms with Crippen molar-refractivity contribution in [2.24, 2.45) is 0 Å². The number of carbonyl (C=O) groups excluding carboxylic acids is 5. The number of nitrogens with zero attached hydrogens (tertiary/aromatic N) is 3.